The lowest BCUT2D eigenvalue weighted by Crippen LogP contribution is -2.01. The number of nitrogens with zero attached hydrogens (tertiary/aromatic N) is 1. The predicted molar refractivity (Wildman–Crippen MR) is 44.8 cm³/mol. The maximum atomic E-state index is 10.4. The first kappa shape index (κ1) is 10.7. The first-order valence-electron chi connectivity index (χ1n) is 3.01. The smallest absolute Gasteiger partial charge is 0.358 e. The van der Waals surface area contributed by atoms with Crippen LogP contribution in [0.5, 0.6) is 5.75 Å². The summed E-state index contributed by atoms with van der Waals surface area (Å²) in [6.07, 6.45) is 0. The van der Waals surface area contributed by atoms with E-state index in [2.05, 4.69) is 4.98 Å². The van der Waals surface area contributed by atoms with Crippen molar-refractivity contribution >= 4 is 18.4 Å². The fourth-order valence-electron chi connectivity index (χ4n) is 0.707. The number of aryl methyl sites for hydroxylation is 1. The molecule has 0 aliphatic rings. The number of rotatable bonds is 1. The lowest BCUT2D eigenvalue weighted by molar-refractivity contribution is 0.0686. The van der Waals surface area contributed by atoms with Gasteiger partial charge in [-0.2, -0.15) is 0 Å². The molecule has 1 rings (SSSR count). The molecule has 0 bridgehead atoms. The fourth-order valence-corrected chi connectivity index (χ4v) is 0.707. The molecule has 0 saturated carbocycles. The van der Waals surface area contributed by atoms with Gasteiger partial charge in [0.2, 0.25) is 0 Å². The molecule has 0 saturated heterocycles. The summed E-state index contributed by atoms with van der Waals surface area (Å²) in [6.45, 7) is 1.66. The maximum absolute atomic E-state index is 10.4. The van der Waals surface area contributed by atoms with Crippen molar-refractivity contribution in [2.24, 2.45) is 0 Å². The lowest BCUT2D eigenvalue weighted by Gasteiger charge is -1.97. The Morgan fingerprint density at radius 3 is 2.50 bits per heavy atom. The van der Waals surface area contributed by atoms with Gasteiger partial charge in [0.1, 0.15) is 5.75 Å². The highest BCUT2D eigenvalue weighted by Crippen LogP contribution is 2.13. The molecule has 0 aromatic carbocycles. The van der Waals surface area contributed by atoms with E-state index in [-0.39, 0.29) is 23.9 Å². The van der Waals surface area contributed by atoms with Crippen molar-refractivity contribution in [1.82, 2.24) is 4.98 Å². The zero-order chi connectivity index (χ0) is 8.43. The second-order valence-corrected chi connectivity index (χ2v) is 2.13. The van der Waals surface area contributed by atoms with Crippen LogP contribution in [0.2, 0.25) is 0 Å². The molecular weight excluding hydrogens is 182 g/mol. The number of aromatic carboxylic acids is 1. The Kier molecular flexibility index (Phi) is 3.50. The summed E-state index contributed by atoms with van der Waals surface area (Å²) in [7, 11) is 0. The van der Waals surface area contributed by atoms with Gasteiger partial charge in [0.25, 0.3) is 0 Å². The van der Waals surface area contributed by atoms with Crippen LogP contribution in [0.3, 0.4) is 0 Å². The van der Waals surface area contributed by atoms with Gasteiger partial charge in [0, 0.05) is 5.69 Å². The minimum atomic E-state index is -1.22. The van der Waals surface area contributed by atoms with Gasteiger partial charge >= 0.3 is 5.97 Å². The molecule has 4 nitrogen and oxygen atoms in total. The number of aromatic hydroxyl groups is 1. The van der Waals surface area contributed by atoms with Crippen LogP contribution in [-0.4, -0.2) is 21.2 Å². The van der Waals surface area contributed by atoms with Crippen molar-refractivity contribution in [3.05, 3.63) is 23.5 Å². The third-order valence-electron chi connectivity index (χ3n) is 1.22. The van der Waals surface area contributed by atoms with Crippen molar-refractivity contribution in [1.29, 1.82) is 0 Å². The number of carboxylic acid groups (broad SMARTS) is 1. The molecule has 0 atom stereocenters. The zero-order valence-electron chi connectivity index (χ0n) is 6.31. The molecular formula is C7H8ClNO3. The van der Waals surface area contributed by atoms with Crippen molar-refractivity contribution in [3.63, 3.8) is 0 Å². The van der Waals surface area contributed by atoms with E-state index in [0.717, 1.165) is 0 Å². The van der Waals surface area contributed by atoms with Crippen molar-refractivity contribution < 1.29 is 15.0 Å². The summed E-state index contributed by atoms with van der Waals surface area (Å²) < 4.78 is 0. The van der Waals surface area contributed by atoms with E-state index in [0.29, 0.717) is 5.69 Å². The molecule has 0 aliphatic carbocycles. The summed E-state index contributed by atoms with van der Waals surface area (Å²) in [5, 5.41) is 17.4. The summed E-state index contributed by atoms with van der Waals surface area (Å²) in [5.74, 6) is -1.52. The number of carboxylic acids is 1. The van der Waals surface area contributed by atoms with Gasteiger partial charge in [-0.15, -0.1) is 12.4 Å². The molecule has 0 fully saturated rings. The Labute approximate surface area is 75.3 Å². The van der Waals surface area contributed by atoms with E-state index >= 15 is 0 Å². The molecule has 2 N–H and O–H groups in total. The van der Waals surface area contributed by atoms with Gasteiger partial charge in [-0.05, 0) is 19.1 Å². The topological polar surface area (TPSA) is 70.4 Å². The van der Waals surface area contributed by atoms with Crippen molar-refractivity contribution in [3.8, 4) is 5.75 Å². The highest BCUT2D eigenvalue weighted by atomic mass is 35.5. The number of hydrogen-bond acceptors (Lipinski definition) is 3. The summed E-state index contributed by atoms with van der Waals surface area (Å²) in [4.78, 5) is 14.0. The number of aromatic nitrogens is 1. The third kappa shape index (κ3) is 2.10. The van der Waals surface area contributed by atoms with Gasteiger partial charge in [-0.3, -0.25) is 0 Å². The quantitative estimate of drug-likeness (QED) is 0.697. The Morgan fingerprint density at radius 2 is 2.08 bits per heavy atom. The number of carbonyl (C=O) groups is 1. The Bertz CT molecular complexity index is 301. The van der Waals surface area contributed by atoms with Gasteiger partial charge < -0.3 is 10.2 Å². The number of hydrogen-bond donors (Lipinski definition) is 2. The third-order valence-corrected chi connectivity index (χ3v) is 1.22. The fraction of sp³-hybridized carbons (Fsp3) is 0.143. The average Bonchev–Trinajstić information content (AvgIpc) is 1.94. The Balaban J connectivity index is 0.00000121. The second-order valence-electron chi connectivity index (χ2n) is 2.13. The number of pyridine rings is 1. The van der Waals surface area contributed by atoms with E-state index in [1.54, 1.807) is 13.0 Å². The maximum Gasteiger partial charge on any atom is 0.358 e. The Morgan fingerprint density at radius 1 is 1.50 bits per heavy atom. The zero-order valence-corrected chi connectivity index (χ0v) is 7.13. The van der Waals surface area contributed by atoms with Crippen LogP contribution in [0.15, 0.2) is 12.1 Å². The highest BCUT2D eigenvalue weighted by molar-refractivity contribution is 5.88. The van der Waals surface area contributed by atoms with Crippen LogP contribution in [0.1, 0.15) is 16.2 Å². The average molecular weight is 190 g/mol. The molecule has 0 radical (unpaired) electrons. The summed E-state index contributed by atoms with van der Waals surface area (Å²) in [5.41, 5.74) is 0.269. The number of halogens is 1. The normalized spacial score (nSPS) is 8.75. The highest BCUT2D eigenvalue weighted by Gasteiger charge is 2.09. The van der Waals surface area contributed by atoms with E-state index in [9.17, 15) is 4.79 Å². The van der Waals surface area contributed by atoms with Crippen LogP contribution < -0.4 is 0 Å². The first-order valence-corrected chi connectivity index (χ1v) is 3.01. The molecule has 0 aliphatic heterocycles. The second kappa shape index (κ2) is 3.92. The molecule has 0 unspecified atom stereocenters. The standard InChI is InChI=1S/C7H7NO3.ClH/c1-4-2-3-5(9)6(8-4)7(10)11;/h2-3,9H,1H3,(H,10,11);1H. The van der Waals surface area contributed by atoms with Crippen LogP contribution in [0.4, 0.5) is 0 Å². The molecule has 12 heavy (non-hydrogen) atoms. The minimum Gasteiger partial charge on any atom is -0.505 e. The van der Waals surface area contributed by atoms with E-state index in [4.69, 9.17) is 10.2 Å². The van der Waals surface area contributed by atoms with Gasteiger partial charge in [0.15, 0.2) is 5.69 Å². The first-order chi connectivity index (χ1) is 5.11. The molecule has 66 valence electrons. The molecule has 5 heteroatoms. The SMILES string of the molecule is Cc1ccc(O)c(C(=O)O)n1.Cl. The molecule has 1 aromatic heterocycles. The van der Waals surface area contributed by atoms with Crippen LogP contribution in [-0.2, 0) is 0 Å². The van der Waals surface area contributed by atoms with Gasteiger partial charge in [-0.25, -0.2) is 9.78 Å². The van der Waals surface area contributed by atoms with E-state index in [1.165, 1.54) is 6.07 Å². The van der Waals surface area contributed by atoms with E-state index < -0.39 is 5.97 Å². The molecule has 1 heterocycles. The molecule has 0 spiro atoms. The van der Waals surface area contributed by atoms with Crippen LogP contribution in [0, 0.1) is 6.92 Å². The summed E-state index contributed by atoms with van der Waals surface area (Å²) >= 11 is 0. The predicted octanol–water partition coefficient (Wildman–Crippen LogP) is 1.22. The van der Waals surface area contributed by atoms with Crippen LogP contribution in [0.25, 0.3) is 0 Å². The van der Waals surface area contributed by atoms with Crippen molar-refractivity contribution in [2.45, 2.75) is 6.92 Å². The van der Waals surface area contributed by atoms with E-state index in [1.807, 2.05) is 0 Å². The molecule has 1 aromatic rings. The van der Waals surface area contributed by atoms with Crippen LogP contribution >= 0.6 is 12.4 Å². The largest absolute Gasteiger partial charge is 0.505 e. The monoisotopic (exact) mass is 189 g/mol. The van der Waals surface area contributed by atoms with Crippen molar-refractivity contribution in [2.75, 3.05) is 0 Å². The lowest BCUT2D eigenvalue weighted by atomic mass is 10.3. The summed E-state index contributed by atoms with van der Waals surface area (Å²) in [6, 6.07) is 2.85. The minimum absolute atomic E-state index is 0. The Hall–Kier alpha value is -1.29. The van der Waals surface area contributed by atoms with Gasteiger partial charge in [0.05, 0.1) is 0 Å². The molecule has 0 amide bonds. The van der Waals surface area contributed by atoms with Gasteiger partial charge in [-0.1, -0.05) is 0 Å².